The van der Waals surface area contributed by atoms with E-state index in [0.717, 1.165) is 19.3 Å². The zero-order valence-electron chi connectivity index (χ0n) is 10.4. The third-order valence-corrected chi connectivity index (χ3v) is 5.03. The van der Waals surface area contributed by atoms with Gasteiger partial charge in [-0.05, 0) is 31.1 Å². The number of aldehydes is 1. The molecule has 2 nitrogen and oxygen atoms in total. The molecule has 1 aliphatic heterocycles. The van der Waals surface area contributed by atoms with Gasteiger partial charge in [-0.3, -0.25) is 4.79 Å². The monoisotopic (exact) mass is 285 g/mol. The van der Waals surface area contributed by atoms with Crippen LogP contribution < -0.4 is 4.90 Å². The molecule has 1 aromatic rings. The van der Waals surface area contributed by atoms with Crippen molar-refractivity contribution in [1.82, 2.24) is 0 Å². The Morgan fingerprint density at radius 3 is 1.85 bits per heavy atom. The van der Waals surface area contributed by atoms with E-state index in [2.05, 4.69) is 0 Å². The smallest absolute Gasteiger partial charge is 0.186 e. The molecule has 4 unspecified atom stereocenters. The summed E-state index contributed by atoms with van der Waals surface area (Å²) >= 11 is 0. The number of halogens is 4. The molecule has 0 N–H and O–H groups in total. The third kappa shape index (κ3) is 1.27. The molecule has 0 amide bonds. The summed E-state index contributed by atoms with van der Waals surface area (Å²) in [6, 6.07) is -0.00253. The van der Waals surface area contributed by atoms with Gasteiger partial charge in [-0.1, -0.05) is 0 Å². The summed E-state index contributed by atoms with van der Waals surface area (Å²) in [4.78, 5) is 12.0. The zero-order valence-corrected chi connectivity index (χ0v) is 10.4. The van der Waals surface area contributed by atoms with Crippen LogP contribution in [0, 0.1) is 35.1 Å². The van der Waals surface area contributed by atoms with Gasteiger partial charge in [0, 0.05) is 0 Å². The van der Waals surface area contributed by atoms with Gasteiger partial charge in [0.2, 0.25) is 0 Å². The van der Waals surface area contributed by atoms with Gasteiger partial charge in [-0.2, -0.15) is 0 Å². The molecule has 2 bridgehead atoms. The number of fused-ring (bicyclic) bond motifs is 5. The largest absolute Gasteiger partial charge is 0.356 e. The number of anilines is 1. The summed E-state index contributed by atoms with van der Waals surface area (Å²) < 4.78 is 55.2. The Labute approximate surface area is 112 Å². The van der Waals surface area contributed by atoms with Crippen LogP contribution in [0.1, 0.15) is 29.6 Å². The summed E-state index contributed by atoms with van der Waals surface area (Å²) in [5.74, 6) is -5.40. The Balaban J connectivity index is 1.83. The molecule has 1 heterocycles. The number of carbonyl (C=O) groups excluding carboxylic acids is 1. The lowest BCUT2D eigenvalue weighted by molar-refractivity contribution is 0.111. The maximum absolute atomic E-state index is 14.0. The number of nitrogens with zero attached hydrogens (tertiary/aromatic N) is 1. The molecule has 2 saturated carbocycles. The summed E-state index contributed by atoms with van der Waals surface area (Å²) in [6.07, 6.45) is 2.84. The predicted molar refractivity (Wildman–Crippen MR) is 62.5 cm³/mol. The molecular formula is C14H11F4NO. The van der Waals surface area contributed by atoms with Gasteiger partial charge in [-0.25, -0.2) is 17.6 Å². The first-order chi connectivity index (χ1) is 9.56. The first kappa shape index (κ1) is 12.2. The molecule has 3 aliphatic rings. The standard InChI is InChI=1S/C14H11F4NO/c15-8-7(4-20)9(16)11(18)14(10(8)17)19-12-5-1-2-6(3-5)13(12)19/h4-6,12-13H,1-3H2. The molecule has 0 aromatic heterocycles. The van der Waals surface area contributed by atoms with E-state index in [1.54, 1.807) is 0 Å². The van der Waals surface area contributed by atoms with Crippen LogP contribution in [-0.2, 0) is 0 Å². The van der Waals surface area contributed by atoms with Crippen LogP contribution >= 0.6 is 0 Å². The van der Waals surface area contributed by atoms with Crippen LogP contribution in [0.15, 0.2) is 0 Å². The number of rotatable bonds is 2. The van der Waals surface area contributed by atoms with Gasteiger partial charge < -0.3 is 4.90 Å². The second kappa shape index (κ2) is 3.74. The fourth-order valence-corrected chi connectivity index (χ4v) is 4.22. The second-order valence-electron chi connectivity index (χ2n) is 5.86. The number of piperidine rings is 1. The van der Waals surface area contributed by atoms with Gasteiger partial charge in [0.1, 0.15) is 5.69 Å². The lowest BCUT2D eigenvalue weighted by Gasteiger charge is -2.16. The van der Waals surface area contributed by atoms with Crippen molar-refractivity contribution < 1.29 is 22.4 Å². The Kier molecular flexibility index (Phi) is 2.28. The average Bonchev–Trinajstić information content (AvgIpc) is 2.84. The summed E-state index contributed by atoms with van der Waals surface area (Å²) in [5, 5.41) is 0. The summed E-state index contributed by atoms with van der Waals surface area (Å²) in [6.45, 7) is 0. The fourth-order valence-electron chi connectivity index (χ4n) is 4.22. The Bertz CT molecular complexity index is 587. The van der Waals surface area contributed by atoms with Crippen molar-refractivity contribution >= 4 is 12.0 Å². The molecule has 3 fully saturated rings. The van der Waals surface area contributed by atoms with Crippen molar-refractivity contribution in [3.63, 3.8) is 0 Å². The van der Waals surface area contributed by atoms with E-state index in [4.69, 9.17) is 0 Å². The van der Waals surface area contributed by atoms with Crippen LogP contribution in [0.25, 0.3) is 0 Å². The third-order valence-electron chi connectivity index (χ3n) is 5.03. The molecular weight excluding hydrogens is 274 g/mol. The lowest BCUT2D eigenvalue weighted by atomic mass is 10.0. The van der Waals surface area contributed by atoms with Gasteiger partial charge in [-0.15, -0.1) is 0 Å². The molecule has 4 rings (SSSR count). The van der Waals surface area contributed by atoms with Gasteiger partial charge in [0.15, 0.2) is 29.6 Å². The van der Waals surface area contributed by atoms with Crippen LogP contribution in [0.3, 0.4) is 0 Å². The Morgan fingerprint density at radius 2 is 1.40 bits per heavy atom. The molecule has 1 aromatic carbocycles. The van der Waals surface area contributed by atoms with Crippen molar-refractivity contribution in [2.75, 3.05) is 4.90 Å². The van der Waals surface area contributed by atoms with Crippen molar-refractivity contribution in [2.24, 2.45) is 11.8 Å². The van der Waals surface area contributed by atoms with Gasteiger partial charge in [0.05, 0.1) is 17.6 Å². The number of carbonyl (C=O) groups is 1. The van der Waals surface area contributed by atoms with Crippen LogP contribution in [0.5, 0.6) is 0 Å². The Hall–Kier alpha value is -1.59. The lowest BCUT2D eigenvalue weighted by Crippen LogP contribution is -2.17. The van der Waals surface area contributed by atoms with Crippen molar-refractivity contribution in [2.45, 2.75) is 31.3 Å². The van der Waals surface area contributed by atoms with Crippen LogP contribution in [0.2, 0.25) is 0 Å². The predicted octanol–water partition coefficient (Wildman–Crippen LogP) is 3.04. The normalized spacial score (nSPS) is 33.5. The van der Waals surface area contributed by atoms with Crippen LogP contribution in [0.4, 0.5) is 23.2 Å². The number of hydrogen-bond acceptors (Lipinski definition) is 2. The van der Waals surface area contributed by atoms with E-state index >= 15 is 0 Å². The van der Waals surface area contributed by atoms with Crippen LogP contribution in [-0.4, -0.2) is 18.4 Å². The highest BCUT2D eigenvalue weighted by atomic mass is 19.2. The summed E-state index contributed by atoms with van der Waals surface area (Å²) in [5.41, 5.74) is -1.82. The number of hydrogen-bond donors (Lipinski definition) is 0. The van der Waals surface area contributed by atoms with E-state index in [0.29, 0.717) is 11.8 Å². The highest BCUT2D eigenvalue weighted by Gasteiger charge is 2.65. The summed E-state index contributed by atoms with van der Waals surface area (Å²) in [7, 11) is 0. The fraction of sp³-hybridized carbons (Fsp3) is 0.500. The van der Waals surface area contributed by atoms with Gasteiger partial charge in [0.25, 0.3) is 0 Å². The zero-order chi connectivity index (χ0) is 14.2. The molecule has 20 heavy (non-hydrogen) atoms. The quantitative estimate of drug-likeness (QED) is 0.360. The minimum Gasteiger partial charge on any atom is -0.356 e. The minimum absolute atomic E-state index is 0.00127. The van der Waals surface area contributed by atoms with E-state index in [1.807, 2.05) is 0 Å². The van der Waals surface area contributed by atoms with Gasteiger partial charge >= 0.3 is 0 Å². The molecule has 4 atom stereocenters. The topological polar surface area (TPSA) is 20.1 Å². The maximum atomic E-state index is 14.0. The van der Waals surface area contributed by atoms with Crippen molar-refractivity contribution in [3.05, 3.63) is 28.8 Å². The highest BCUT2D eigenvalue weighted by Crippen LogP contribution is 2.60. The molecule has 0 radical (unpaired) electrons. The SMILES string of the molecule is O=Cc1c(F)c(F)c(N2C3C4CCC(C4)C32)c(F)c1F. The maximum Gasteiger partial charge on any atom is 0.186 e. The minimum atomic E-state index is -1.61. The van der Waals surface area contributed by atoms with Crippen molar-refractivity contribution in [3.8, 4) is 0 Å². The first-order valence-electron chi connectivity index (χ1n) is 6.65. The molecule has 1 saturated heterocycles. The Morgan fingerprint density at radius 1 is 0.900 bits per heavy atom. The molecule has 2 aliphatic carbocycles. The average molecular weight is 285 g/mol. The first-order valence-corrected chi connectivity index (χ1v) is 6.65. The highest BCUT2D eigenvalue weighted by molar-refractivity contribution is 5.78. The van der Waals surface area contributed by atoms with E-state index in [1.165, 1.54) is 4.90 Å². The molecule has 6 heteroatoms. The van der Waals surface area contributed by atoms with E-state index < -0.39 is 34.5 Å². The number of benzene rings is 1. The van der Waals surface area contributed by atoms with Crippen molar-refractivity contribution in [1.29, 1.82) is 0 Å². The van der Waals surface area contributed by atoms with E-state index in [9.17, 15) is 22.4 Å². The molecule has 106 valence electrons. The van der Waals surface area contributed by atoms with E-state index in [-0.39, 0.29) is 18.4 Å². The molecule has 0 spiro atoms. The second-order valence-corrected chi connectivity index (χ2v) is 5.86.